The van der Waals surface area contributed by atoms with Crippen molar-refractivity contribution >= 4 is 28.6 Å². The molecular weight excluding hydrogens is 458 g/mol. The Morgan fingerprint density at radius 3 is 2.26 bits per heavy atom. The van der Waals surface area contributed by atoms with Gasteiger partial charge in [-0.1, -0.05) is 6.07 Å². The van der Waals surface area contributed by atoms with E-state index in [-0.39, 0.29) is 30.2 Å². The summed E-state index contributed by atoms with van der Waals surface area (Å²) in [5.41, 5.74) is 0.984. The number of benzene rings is 3. The van der Waals surface area contributed by atoms with Gasteiger partial charge in [0.15, 0.2) is 28.7 Å². The normalized spacial score (nSPS) is 13.9. The van der Waals surface area contributed by atoms with E-state index in [0.717, 1.165) is 4.90 Å². The molecular formula is C25H21NO9. The summed E-state index contributed by atoms with van der Waals surface area (Å²) in [5.74, 6) is -0.265. The van der Waals surface area contributed by atoms with E-state index >= 15 is 0 Å². The van der Waals surface area contributed by atoms with Gasteiger partial charge in [-0.2, -0.15) is 0 Å². The molecule has 3 aromatic rings. The maximum absolute atomic E-state index is 13.5. The van der Waals surface area contributed by atoms with Crippen LogP contribution < -0.4 is 23.7 Å². The van der Waals surface area contributed by atoms with Crippen molar-refractivity contribution in [3.8, 4) is 39.9 Å². The maximum atomic E-state index is 13.5. The molecule has 0 unspecified atom stereocenters. The minimum atomic E-state index is -0.672. The van der Waals surface area contributed by atoms with E-state index < -0.39 is 24.4 Å². The number of esters is 1. The zero-order valence-electron chi connectivity index (χ0n) is 19.2. The van der Waals surface area contributed by atoms with Gasteiger partial charge in [0.1, 0.15) is 0 Å². The second kappa shape index (κ2) is 8.48. The highest BCUT2D eigenvalue weighted by molar-refractivity contribution is 6.29. The molecule has 2 amide bonds. The summed E-state index contributed by atoms with van der Waals surface area (Å²) in [4.78, 5) is 39.9. The molecule has 0 radical (unpaired) electrons. The largest absolute Gasteiger partial charge is 0.493 e. The van der Waals surface area contributed by atoms with E-state index in [9.17, 15) is 19.5 Å². The molecule has 2 aliphatic rings. The second-order valence-corrected chi connectivity index (χ2v) is 7.85. The van der Waals surface area contributed by atoms with Crippen molar-refractivity contribution in [2.24, 2.45) is 0 Å². The van der Waals surface area contributed by atoms with Crippen LogP contribution in [0.15, 0.2) is 30.3 Å². The van der Waals surface area contributed by atoms with Crippen molar-refractivity contribution in [3.05, 3.63) is 41.5 Å². The molecule has 0 bridgehead atoms. The molecule has 10 heteroatoms. The third-order valence-electron chi connectivity index (χ3n) is 5.91. The van der Waals surface area contributed by atoms with Crippen LogP contribution in [0.25, 0.3) is 21.9 Å². The molecule has 0 saturated carbocycles. The van der Waals surface area contributed by atoms with E-state index in [1.54, 1.807) is 30.3 Å². The first kappa shape index (κ1) is 22.5. The molecule has 0 fully saturated rings. The Morgan fingerprint density at radius 1 is 0.943 bits per heavy atom. The number of rotatable bonds is 6. The van der Waals surface area contributed by atoms with Crippen LogP contribution in [0.3, 0.4) is 0 Å². The van der Waals surface area contributed by atoms with Gasteiger partial charge in [-0.25, -0.2) is 0 Å². The van der Waals surface area contributed by atoms with Gasteiger partial charge in [-0.15, -0.1) is 0 Å². The lowest BCUT2D eigenvalue weighted by Crippen LogP contribution is -2.32. The number of hydrogen-bond acceptors (Lipinski definition) is 9. The van der Waals surface area contributed by atoms with Gasteiger partial charge in [0.05, 0.1) is 38.5 Å². The van der Waals surface area contributed by atoms with Crippen molar-refractivity contribution in [1.82, 2.24) is 4.90 Å². The molecule has 1 N–H and O–H groups in total. The molecule has 0 aliphatic carbocycles. The van der Waals surface area contributed by atoms with Gasteiger partial charge >= 0.3 is 5.97 Å². The average molecular weight is 479 g/mol. The monoisotopic (exact) mass is 479 g/mol. The van der Waals surface area contributed by atoms with Crippen LogP contribution in [0.5, 0.6) is 28.7 Å². The van der Waals surface area contributed by atoms with Gasteiger partial charge in [0, 0.05) is 17.9 Å². The summed E-state index contributed by atoms with van der Waals surface area (Å²) in [6.45, 7) is 0.636. The lowest BCUT2D eigenvalue weighted by molar-refractivity contribution is -0.131. The Labute approximate surface area is 199 Å². The summed E-state index contributed by atoms with van der Waals surface area (Å²) in [7, 11) is 2.93. The summed E-state index contributed by atoms with van der Waals surface area (Å²) >= 11 is 0. The number of hydrogen-bond donors (Lipinski definition) is 1. The second-order valence-electron chi connectivity index (χ2n) is 7.85. The fourth-order valence-corrected chi connectivity index (χ4v) is 4.47. The standard InChI is InChI=1S/C25H21NO9/c1-12(28)35-23-15-10-18(32-3)17(31-2)9-14(15)20(13-4-5-16-19(8-13)34-11-33-16)21-22(23)25(30)26(6-7-27)24(21)29/h4-5,8-10,27H,6-7,11H2,1-3H3. The number of imide groups is 1. The predicted molar refractivity (Wildman–Crippen MR) is 122 cm³/mol. The summed E-state index contributed by atoms with van der Waals surface area (Å²) in [6, 6.07) is 8.43. The molecule has 10 nitrogen and oxygen atoms in total. The lowest BCUT2D eigenvalue weighted by atomic mass is 9.89. The SMILES string of the molecule is COc1cc2c(OC(C)=O)c3c(c(-c4ccc5c(c4)OCO5)c2cc1OC)C(=O)N(CCO)C3=O. The van der Waals surface area contributed by atoms with Gasteiger partial charge in [-0.05, 0) is 35.2 Å². The number of β-amino-alcohol motifs (C(OH)–C–C–N with tert-alkyl or cyclic N) is 1. The van der Waals surface area contributed by atoms with E-state index in [0.29, 0.717) is 44.9 Å². The zero-order valence-corrected chi connectivity index (χ0v) is 19.2. The molecule has 5 rings (SSSR count). The number of methoxy groups -OCH3 is 2. The van der Waals surface area contributed by atoms with E-state index in [1.807, 2.05) is 0 Å². The first-order chi connectivity index (χ1) is 16.9. The highest BCUT2D eigenvalue weighted by Gasteiger charge is 2.42. The van der Waals surface area contributed by atoms with Gasteiger partial charge in [0.2, 0.25) is 6.79 Å². The van der Waals surface area contributed by atoms with Crippen LogP contribution in [-0.4, -0.2) is 62.0 Å². The third kappa shape index (κ3) is 3.41. The lowest BCUT2D eigenvalue weighted by Gasteiger charge is -2.18. The molecule has 180 valence electrons. The number of amides is 2. The third-order valence-corrected chi connectivity index (χ3v) is 5.91. The Morgan fingerprint density at radius 2 is 1.60 bits per heavy atom. The molecule has 3 aromatic carbocycles. The molecule has 0 spiro atoms. The van der Waals surface area contributed by atoms with Gasteiger partial charge in [0.25, 0.3) is 11.8 Å². The first-order valence-electron chi connectivity index (χ1n) is 10.7. The molecule has 35 heavy (non-hydrogen) atoms. The fraction of sp³-hybridized carbons (Fsp3) is 0.240. The Balaban J connectivity index is 1.94. The number of carbonyl (C=O) groups excluding carboxylic acids is 3. The molecule has 0 aromatic heterocycles. The number of carbonyl (C=O) groups is 3. The highest BCUT2D eigenvalue weighted by Crippen LogP contribution is 2.49. The minimum Gasteiger partial charge on any atom is -0.493 e. The number of aliphatic hydroxyl groups is 1. The number of ether oxygens (including phenoxy) is 5. The van der Waals surface area contributed by atoms with E-state index in [4.69, 9.17) is 23.7 Å². The number of fused-ring (bicyclic) bond motifs is 3. The molecule has 0 atom stereocenters. The first-order valence-corrected chi connectivity index (χ1v) is 10.7. The van der Waals surface area contributed by atoms with Crippen molar-refractivity contribution in [2.75, 3.05) is 34.2 Å². The van der Waals surface area contributed by atoms with E-state index in [1.165, 1.54) is 21.1 Å². The quantitative estimate of drug-likeness (QED) is 0.323. The predicted octanol–water partition coefficient (Wildman–Crippen LogP) is 2.77. The van der Waals surface area contributed by atoms with Crippen LogP contribution in [0.4, 0.5) is 0 Å². The maximum Gasteiger partial charge on any atom is 0.308 e. The summed E-state index contributed by atoms with van der Waals surface area (Å²) in [5, 5.41) is 10.3. The van der Waals surface area contributed by atoms with Crippen LogP contribution in [0.2, 0.25) is 0 Å². The minimum absolute atomic E-state index is 0.0540. The van der Waals surface area contributed by atoms with Crippen molar-refractivity contribution in [2.45, 2.75) is 6.92 Å². The summed E-state index contributed by atoms with van der Waals surface area (Å²) in [6.07, 6.45) is 0. The average Bonchev–Trinajstić information content (AvgIpc) is 3.41. The van der Waals surface area contributed by atoms with Crippen LogP contribution >= 0.6 is 0 Å². The topological polar surface area (TPSA) is 121 Å². The summed E-state index contributed by atoms with van der Waals surface area (Å²) < 4.78 is 27.4. The molecule has 0 saturated heterocycles. The van der Waals surface area contributed by atoms with Crippen LogP contribution in [0.1, 0.15) is 27.6 Å². The number of nitrogens with zero attached hydrogens (tertiary/aromatic N) is 1. The van der Waals surface area contributed by atoms with Crippen molar-refractivity contribution in [3.63, 3.8) is 0 Å². The molecule has 2 heterocycles. The molecule has 2 aliphatic heterocycles. The van der Waals surface area contributed by atoms with Crippen LogP contribution in [0, 0.1) is 0 Å². The van der Waals surface area contributed by atoms with Crippen molar-refractivity contribution in [1.29, 1.82) is 0 Å². The Bertz CT molecular complexity index is 1410. The van der Waals surface area contributed by atoms with Crippen LogP contribution in [-0.2, 0) is 4.79 Å². The Kier molecular flexibility index (Phi) is 5.45. The van der Waals surface area contributed by atoms with E-state index in [2.05, 4.69) is 0 Å². The van der Waals surface area contributed by atoms with Gasteiger partial charge in [-0.3, -0.25) is 19.3 Å². The Hall–Kier alpha value is -4.31. The highest BCUT2D eigenvalue weighted by atomic mass is 16.7. The van der Waals surface area contributed by atoms with Gasteiger partial charge < -0.3 is 28.8 Å². The van der Waals surface area contributed by atoms with Crippen molar-refractivity contribution < 1.29 is 43.2 Å². The number of aliphatic hydroxyl groups excluding tert-OH is 1. The fourth-order valence-electron chi connectivity index (χ4n) is 4.47. The zero-order chi connectivity index (χ0) is 24.9. The smallest absolute Gasteiger partial charge is 0.308 e.